The van der Waals surface area contributed by atoms with E-state index in [2.05, 4.69) is 5.73 Å². The minimum absolute atomic E-state index is 0.191. The van der Waals surface area contributed by atoms with Gasteiger partial charge in [0.1, 0.15) is 12.7 Å². The van der Waals surface area contributed by atoms with Crippen molar-refractivity contribution in [2.45, 2.75) is 51.7 Å². The second kappa shape index (κ2) is 8.78. The number of hydrogen-bond acceptors (Lipinski definition) is 9. The van der Waals surface area contributed by atoms with Crippen molar-refractivity contribution >= 4 is 23.8 Å². The lowest BCUT2D eigenvalue weighted by Gasteiger charge is -2.30. The summed E-state index contributed by atoms with van der Waals surface area (Å²) >= 11 is 0. The molecule has 1 fully saturated rings. The fourth-order valence-corrected chi connectivity index (χ4v) is 2.85. The Labute approximate surface area is 155 Å². The standard InChI is InChI=1S/C17H22N2O8/c1-9(20)24-8-13-14(25-10(2)21)15(26-11(3)22)17(27-13)19-6-4-5-12(7-19)16(18)23/h4,6-7,13-15,17H,5,8H2,1-3H3,(H2,18,23)/p+1. The monoisotopic (exact) mass is 383 g/mol. The third kappa shape index (κ3) is 5.38. The van der Waals surface area contributed by atoms with Crippen LogP contribution in [0, 0.1) is 0 Å². The average molecular weight is 383 g/mol. The van der Waals surface area contributed by atoms with Gasteiger partial charge in [-0.25, -0.2) is 4.79 Å². The van der Waals surface area contributed by atoms with E-state index in [9.17, 15) is 19.2 Å². The summed E-state index contributed by atoms with van der Waals surface area (Å²) in [6.45, 7) is 3.47. The van der Waals surface area contributed by atoms with Crippen LogP contribution in [0.5, 0.6) is 0 Å². The molecule has 2 rings (SSSR count). The Kier molecular flexibility index (Phi) is 6.70. The van der Waals surface area contributed by atoms with Crippen molar-refractivity contribution in [1.82, 2.24) is 4.90 Å². The Morgan fingerprint density at radius 2 is 1.74 bits per heavy atom. The van der Waals surface area contributed by atoms with Crippen molar-refractivity contribution in [3.63, 3.8) is 0 Å². The molecule has 148 valence electrons. The summed E-state index contributed by atoms with van der Waals surface area (Å²) in [5.41, 5.74) is 3.83. The molecule has 1 amide bonds. The van der Waals surface area contributed by atoms with Gasteiger partial charge in [0, 0.05) is 39.6 Å². The Hall–Kier alpha value is -2.72. The number of ether oxygens (including phenoxy) is 4. The zero-order valence-corrected chi connectivity index (χ0v) is 15.4. The van der Waals surface area contributed by atoms with Crippen LogP contribution in [-0.4, -0.2) is 59.9 Å². The molecule has 0 aliphatic carbocycles. The van der Waals surface area contributed by atoms with E-state index in [1.807, 2.05) is 0 Å². The minimum Gasteiger partial charge on any atom is -0.463 e. The predicted molar refractivity (Wildman–Crippen MR) is 88.0 cm³/mol. The average Bonchev–Trinajstić information content (AvgIpc) is 2.89. The van der Waals surface area contributed by atoms with E-state index in [0.29, 0.717) is 12.0 Å². The van der Waals surface area contributed by atoms with Crippen molar-refractivity contribution in [2.75, 3.05) is 6.61 Å². The summed E-state index contributed by atoms with van der Waals surface area (Å²) in [6.07, 6.45) is 1.62. The van der Waals surface area contributed by atoms with Crippen LogP contribution in [0.25, 0.3) is 0 Å². The summed E-state index contributed by atoms with van der Waals surface area (Å²) < 4.78 is 21.5. The van der Waals surface area contributed by atoms with Gasteiger partial charge < -0.3 is 23.8 Å². The van der Waals surface area contributed by atoms with Gasteiger partial charge in [0.2, 0.25) is 0 Å². The lowest BCUT2D eigenvalue weighted by atomic mass is 10.1. The second-order valence-corrected chi connectivity index (χ2v) is 6.13. The molecule has 2 heterocycles. The maximum atomic E-state index is 11.6. The lowest BCUT2D eigenvalue weighted by molar-refractivity contribution is -0.299. The topological polar surface area (TPSA) is 136 Å². The molecule has 0 spiro atoms. The Bertz CT molecular complexity index is 686. The predicted octanol–water partition coefficient (Wildman–Crippen LogP) is -0.990. The van der Waals surface area contributed by atoms with Crippen LogP contribution in [0.4, 0.5) is 0 Å². The number of nitrogens with zero attached hydrogens (tertiary/aromatic N) is 1. The van der Waals surface area contributed by atoms with E-state index in [4.69, 9.17) is 18.9 Å². The molecular weight excluding hydrogens is 360 g/mol. The quantitative estimate of drug-likeness (QED) is 0.453. The van der Waals surface area contributed by atoms with Gasteiger partial charge in [-0.2, -0.15) is 0 Å². The van der Waals surface area contributed by atoms with E-state index in [1.165, 1.54) is 27.0 Å². The Morgan fingerprint density at radius 3 is 2.30 bits per heavy atom. The van der Waals surface area contributed by atoms with E-state index < -0.39 is 42.4 Å². The number of amides is 1. The van der Waals surface area contributed by atoms with Crippen molar-refractivity contribution < 1.29 is 43.9 Å². The van der Waals surface area contributed by atoms with Crippen LogP contribution in [0.2, 0.25) is 0 Å². The summed E-state index contributed by atoms with van der Waals surface area (Å²) in [5, 5.41) is 0. The van der Waals surface area contributed by atoms with Crippen molar-refractivity contribution in [3.8, 4) is 0 Å². The zero-order valence-electron chi connectivity index (χ0n) is 15.4. The number of carbonyl (C=O) groups is 4. The second-order valence-electron chi connectivity index (χ2n) is 6.13. The molecule has 10 nitrogen and oxygen atoms in total. The number of rotatable bonds is 6. The van der Waals surface area contributed by atoms with Crippen molar-refractivity contribution in [2.24, 2.45) is 0 Å². The molecule has 0 radical (unpaired) electrons. The smallest absolute Gasteiger partial charge is 0.338 e. The van der Waals surface area contributed by atoms with Gasteiger partial charge in [0.25, 0.3) is 0 Å². The van der Waals surface area contributed by atoms with Gasteiger partial charge >= 0.3 is 23.8 Å². The molecule has 0 saturated carbocycles. The summed E-state index contributed by atoms with van der Waals surface area (Å²) in [7, 11) is 0. The van der Waals surface area contributed by atoms with Gasteiger partial charge in [-0.3, -0.25) is 20.1 Å². The molecule has 0 aromatic carbocycles. The highest BCUT2D eigenvalue weighted by molar-refractivity contribution is 5.85. The maximum Gasteiger partial charge on any atom is 0.338 e. The van der Waals surface area contributed by atoms with Gasteiger partial charge in [0.15, 0.2) is 18.4 Å². The summed E-state index contributed by atoms with van der Waals surface area (Å²) in [4.78, 5) is 47.4. The maximum absolute atomic E-state index is 11.6. The number of allylic oxidation sites excluding steroid dienone is 1. The largest absolute Gasteiger partial charge is 0.463 e. The van der Waals surface area contributed by atoms with Crippen LogP contribution in [0.1, 0.15) is 27.2 Å². The first-order valence-corrected chi connectivity index (χ1v) is 8.33. The Morgan fingerprint density at radius 1 is 1.11 bits per heavy atom. The molecule has 0 aromatic heterocycles. The number of carbonyl (C=O) groups excluding carboxylic acids is 4. The highest BCUT2D eigenvalue weighted by Crippen LogP contribution is 2.31. The van der Waals surface area contributed by atoms with Gasteiger partial charge in [-0.1, -0.05) is 6.08 Å². The fourth-order valence-electron chi connectivity index (χ4n) is 2.85. The highest BCUT2D eigenvalue weighted by atomic mass is 16.7. The molecule has 0 bridgehead atoms. The number of esters is 3. The van der Waals surface area contributed by atoms with Crippen LogP contribution in [0.15, 0.2) is 24.0 Å². The van der Waals surface area contributed by atoms with Crippen LogP contribution >= 0.6 is 0 Å². The zero-order chi connectivity index (χ0) is 20.1. The van der Waals surface area contributed by atoms with Gasteiger partial charge in [-0.05, 0) is 0 Å². The molecular formula is C17H23N2O8+. The number of hydrogen-bond donors (Lipinski definition) is 1. The summed E-state index contributed by atoms with van der Waals surface area (Å²) in [6, 6.07) is 0. The van der Waals surface area contributed by atoms with E-state index in [0.717, 1.165) is 0 Å². The molecule has 4 atom stereocenters. The SMILES string of the molecule is CC(=O)OCC1OC(N2C=CCC(C([NH3+])=O)=C2)C(OC(C)=O)C1OC(C)=O. The fraction of sp³-hybridized carbons (Fsp3) is 0.529. The third-order valence-corrected chi connectivity index (χ3v) is 3.91. The van der Waals surface area contributed by atoms with Crippen LogP contribution in [0.3, 0.4) is 0 Å². The molecule has 0 aromatic rings. The van der Waals surface area contributed by atoms with E-state index >= 15 is 0 Å². The van der Waals surface area contributed by atoms with Crippen molar-refractivity contribution in [1.29, 1.82) is 0 Å². The number of quaternary nitrogens is 1. The molecule has 27 heavy (non-hydrogen) atoms. The van der Waals surface area contributed by atoms with E-state index in [1.54, 1.807) is 17.2 Å². The molecule has 2 aliphatic heterocycles. The lowest BCUT2D eigenvalue weighted by Crippen LogP contribution is -2.58. The third-order valence-electron chi connectivity index (χ3n) is 3.91. The first-order valence-electron chi connectivity index (χ1n) is 8.33. The van der Waals surface area contributed by atoms with Crippen molar-refractivity contribution in [3.05, 3.63) is 24.0 Å². The summed E-state index contributed by atoms with van der Waals surface area (Å²) in [5.74, 6) is -2.08. The first kappa shape index (κ1) is 20.6. The molecule has 1 saturated heterocycles. The normalized spacial score (nSPS) is 27.0. The van der Waals surface area contributed by atoms with Gasteiger partial charge in [0.05, 0.1) is 5.57 Å². The van der Waals surface area contributed by atoms with Crippen LogP contribution in [-0.2, 0) is 38.1 Å². The van der Waals surface area contributed by atoms with Crippen LogP contribution < -0.4 is 5.73 Å². The molecule has 3 N–H and O–H groups in total. The van der Waals surface area contributed by atoms with Gasteiger partial charge in [-0.15, -0.1) is 0 Å². The Balaban J connectivity index is 2.32. The first-order chi connectivity index (χ1) is 12.7. The highest BCUT2D eigenvalue weighted by Gasteiger charge is 2.51. The molecule has 4 unspecified atom stereocenters. The van der Waals surface area contributed by atoms with E-state index in [-0.39, 0.29) is 12.5 Å². The molecule has 10 heteroatoms. The molecule has 2 aliphatic rings. The minimum atomic E-state index is -0.993.